The largest absolute Gasteiger partial charge is 0.207 e. The van der Waals surface area contributed by atoms with Crippen molar-refractivity contribution in [3.05, 3.63) is 77.6 Å². The summed E-state index contributed by atoms with van der Waals surface area (Å²) in [5.41, 5.74) is 7.50. The van der Waals surface area contributed by atoms with Crippen molar-refractivity contribution in [1.29, 1.82) is 0 Å². The first-order valence-corrected chi connectivity index (χ1v) is 8.35. The predicted molar refractivity (Wildman–Crippen MR) is 98.7 cm³/mol. The van der Waals surface area contributed by atoms with Gasteiger partial charge in [-0.15, -0.1) is 9.24 Å². The van der Waals surface area contributed by atoms with E-state index in [2.05, 4.69) is 59.5 Å². The molecule has 3 aromatic rings. The topological polar surface area (TPSA) is 0 Å². The van der Waals surface area contributed by atoms with E-state index in [-0.39, 0.29) is 11.2 Å². The number of halogens is 1. The van der Waals surface area contributed by atoms with E-state index in [0.29, 0.717) is 0 Å². The van der Waals surface area contributed by atoms with Gasteiger partial charge < -0.3 is 0 Å². The van der Waals surface area contributed by atoms with Crippen LogP contribution in [0, 0.1) is 5.82 Å². The first kappa shape index (κ1) is 14.6. The van der Waals surface area contributed by atoms with Gasteiger partial charge in [0.25, 0.3) is 0 Å². The third kappa shape index (κ3) is 2.23. The Balaban J connectivity index is 1.90. The summed E-state index contributed by atoms with van der Waals surface area (Å²) in [7, 11) is 2.78. The second-order valence-electron chi connectivity index (χ2n) is 6.70. The van der Waals surface area contributed by atoms with Crippen LogP contribution in [0.2, 0.25) is 0 Å². The zero-order valence-corrected chi connectivity index (χ0v) is 14.4. The maximum Gasteiger partial charge on any atom is 0.123 e. The van der Waals surface area contributed by atoms with Crippen LogP contribution in [0.1, 0.15) is 25.0 Å². The fraction of sp³-hybridized carbons (Fsp3) is 0.143. The average Bonchev–Trinajstić information content (AvgIpc) is 2.76. The van der Waals surface area contributed by atoms with Gasteiger partial charge in [-0.2, -0.15) is 0 Å². The lowest BCUT2D eigenvalue weighted by Crippen LogP contribution is -2.16. The van der Waals surface area contributed by atoms with Crippen molar-refractivity contribution in [2.75, 3.05) is 0 Å². The van der Waals surface area contributed by atoms with Crippen LogP contribution in [0.4, 0.5) is 4.39 Å². The fourth-order valence-electron chi connectivity index (χ4n) is 3.58. The van der Waals surface area contributed by atoms with Crippen molar-refractivity contribution < 1.29 is 4.39 Å². The molecule has 0 N–H and O–H groups in total. The molecule has 0 fully saturated rings. The second kappa shape index (κ2) is 5.01. The lowest BCUT2D eigenvalue weighted by Gasteiger charge is -2.22. The minimum absolute atomic E-state index is 0.0205. The minimum atomic E-state index is -0.198. The molecule has 1 atom stereocenters. The number of rotatable bonds is 1. The first-order chi connectivity index (χ1) is 11.0. The van der Waals surface area contributed by atoms with Crippen LogP contribution in [0.3, 0.4) is 0 Å². The highest BCUT2D eigenvalue weighted by atomic mass is 31.0. The van der Waals surface area contributed by atoms with E-state index in [0.717, 1.165) is 11.1 Å². The van der Waals surface area contributed by atoms with Crippen molar-refractivity contribution in [1.82, 2.24) is 0 Å². The maximum absolute atomic E-state index is 13.2. The van der Waals surface area contributed by atoms with Crippen LogP contribution in [0.15, 0.2) is 60.7 Å². The van der Waals surface area contributed by atoms with Gasteiger partial charge in [0.15, 0.2) is 0 Å². The summed E-state index contributed by atoms with van der Waals surface area (Å²) in [4.78, 5) is 0. The van der Waals surface area contributed by atoms with Crippen molar-refractivity contribution in [2.45, 2.75) is 19.3 Å². The van der Waals surface area contributed by atoms with Gasteiger partial charge >= 0.3 is 0 Å². The number of hydrogen-bond donors (Lipinski definition) is 0. The molecule has 0 aromatic heterocycles. The molecule has 1 unspecified atom stereocenters. The molecule has 4 rings (SSSR count). The molecule has 0 bridgehead atoms. The highest BCUT2D eigenvalue weighted by Gasteiger charge is 2.35. The van der Waals surface area contributed by atoms with Crippen molar-refractivity contribution in [3.63, 3.8) is 0 Å². The SMILES string of the molecule is CC1(C)c2cc(P)ccc2-c2ccc(-c3ccc(F)cc3)cc21. The Hall–Kier alpha value is -1.98. The van der Waals surface area contributed by atoms with Crippen LogP contribution in [0.25, 0.3) is 22.3 Å². The Morgan fingerprint density at radius 1 is 0.739 bits per heavy atom. The molecule has 1 aliphatic rings. The molecule has 0 nitrogen and oxygen atoms in total. The molecule has 1 aliphatic carbocycles. The Morgan fingerprint density at radius 3 is 2.00 bits per heavy atom. The van der Waals surface area contributed by atoms with Gasteiger partial charge in [0.1, 0.15) is 5.82 Å². The zero-order chi connectivity index (χ0) is 16.2. The Bertz CT molecular complexity index is 908. The van der Waals surface area contributed by atoms with Gasteiger partial charge in [0.2, 0.25) is 0 Å². The molecule has 0 aliphatic heterocycles. The van der Waals surface area contributed by atoms with Gasteiger partial charge in [-0.05, 0) is 56.9 Å². The maximum atomic E-state index is 13.2. The minimum Gasteiger partial charge on any atom is -0.207 e. The summed E-state index contributed by atoms with van der Waals surface area (Å²) >= 11 is 0. The number of hydrogen-bond acceptors (Lipinski definition) is 0. The zero-order valence-electron chi connectivity index (χ0n) is 13.2. The van der Waals surface area contributed by atoms with Gasteiger partial charge in [-0.1, -0.05) is 56.3 Å². The third-order valence-electron chi connectivity index (χ3n) is 4.88. The van der Waals surface area contributed by atoms with E-state index in [9.17, 15) is 4.39 Å². The average molecular weight is 320 g/mol. The molecule has 0 saturated heterocycles. The monoisotopic (exact) mass is 320 g/mol. The number of benzene rings is 3. The Labute approximate surface area is 138 Å². The molecule has 23 heavy (non-hydrogen) atoms. The summed E-state index contributed by atoms with van der Waals surface area (Å²) in [5, 5.41) is 1.21. The summed E-state index contributed by atoms with van der Waals surface area (Å²) < 4.78 is 13.2. The van der Waals surface area contributed by atoms with Crippen LogP contribution in [-0.4, -0.2) is 0 Å². The van der Waals surface area contributed by atoms with Gasteiger partial charge in [0, 0.05) is 5.41 Å². The lowest BCUT2D eigenvalue weighted by molar-refractivity contribution is 0.628. The lowest BCUT2D eigenvalue weighted by atomic mass is 9.81. The van der Waals surface area contributed by atoms with E-state index >= 15 is 0 Å². The van der Waals surface area contributed by atoms with E-state index in [1.54, 1.807) is 0 Å². The first-order valence-electron chi connectivity index (χ1n) is 7.78. The molecule has 0 heterocycles. The third-order valence-corrected chi connectivity index (χ3v) is 5.24. The van der Waals surface area contributed by atoms with Crippen LogP contribution in [0.5, 0.6) is 0 Å². The molecule has 0 amide bonds. The summed E-state index contributed by atoms with van der Waals surface area (Å²) in [6.45, 7) is 4.55. The molecule has 114 valence electrons. The standard InChI is InChI=1S/C21H18FP/c1-21(2)19-11-14(13-3-6-15(22)7-4-13)5-9-17(19)18-10-8-16(23)12-20(18)21/h3-12H,23H2,1-2H3. The smallest absolute Gasteiger partial charge is 0.123 e. The van der Waals surface area contributed by atoms with Gasteiger partial charge in [0.05, 0.1) is 0 Å². The second-order valence-corrected chi connectivity index (χ2v) is 7.36. The molecule has 0 radical (unpaired) electrons. The number of fused-ring (bicyclic) bond motifs is 3. The highest BCUT2D eigenvalue weighted by molar-refractivity contribution is 7.27. The molecule has 0 spiro atoms. The summed E-state index contributed by atoms with van der Waals surface area (Å²) in [6, 6.07) is 19.9. The van der Waals surface area contributed by atoms with Gasteiger partial charge in [-0.3, -0.25) is 0 Å². The molecule has 3 aromatic carbocycles. The normalized spacial score (nSPS) is 14.4. The fourth-order valence-corrected chi connectivity index (χ4v) is 3.84. The van der Waals surface area contributed by atoms with E-state index < -0.39 is 0 Å². The van der Waals surface area contributed by atoms with Crippen LogP contribution in [-0.2, 0) is 5.41 Å². The van der Waals surface area contributed by atoms with E-state index in [1.807, 2.05) is 12.1 Å². The van der Waals surface area contributed by atoms with Crippen molar-refractivity contribution >= 4 is 14.5 Å². The summed E-state index contributed by atoms with van der Waals surface area (Å²) in [6.07, 6.45) is 0. The van der Waals surface area contributed by atoms with Gasteiger partial charge in [-0.25, -0.2) is 4.39 Å². The van der Waals surface area contributed by atoms with Crippen molar-refractivity contribution in [3.8, 4) is 22.3 Å². The molecular formula is C21H18FP. The van der Waals surface area contributed by atoms with E-state index in [4.69, 9.17) is 0 Å². The van der Waals surface area contributed by atoms with Crippen LogP contribution < -0.4 is 5.30 Å². The van der Waals surface area contributed by atoms with E-state index in [1.165, 1.54) is 39.7 Å². The highest BCUT2D eigenvalue weighted by Crippen LogP contribution is 2.49. The Kier molecular flexibility index (Phi) is 3.18. The molecular weight excluding hydrogens is 302 g/mol. The van der Waals surface area contributed by atoms with Crippen molar-refractivity contribution in [2.24, 2.45) is 0 Å². The quantitative estimate of drug-likeness (QED) is 0.534. The predicted octanol–water partition coefficient (Wildman–Crippen LogP) is 5.30. The van der Waals surface area contributed by atoms with Crippen LogP contribution >= 0.6 is 9.24 Å². The summed E-state index contributed by atoms with van der Waals surface area (Å²) in [5.74, 6) is -0.198. The molecule has 2 heteroatoms. The molecule has 0 saturated carbocycles. The Morgan fingerprint density at radius 2 is 1.30 bits per heavy atom.